The largest absolute Gasteiger partial charge is 0.481 e. The molecule has 1 aliphatic rings. The number of rotatable bonds is 6. The first-order valence-corrected chi connectivity index (χ1v) is 6.85. The average molecular weight is 261 g/mol. The molecular weight excluding hydrogens is 242 g/mol. The normalized spacial score (nSPS) is 20.3. The molecule has 0 aromatic heterocycles. The van der Waals surface area contributed by atoms with Gasteiger partial charge in [-0.25, -0.2) is 0 Å². The maximum absolute atomic E-state index is 11.8. The van der Waals surface area contributed by atoms with Crippen LogP contribution >= 0.6 is 11.8 Å². The topological polar surface area (TPSA) is 66.8 Å². The molecule has 1 unspecified atom stereocenters. The molecule has 1 N–H and O–H groups in total. The van der Waals surface area contributed by atoms with Gasteiger partial charge in [0, 0.05) is 20.2 Å². The lowest BCUT2D eigenvalue weighted by Crippen LogP contribution is -2.42. The first kappa shape index (κ1) is 14.3. The fourth-order valence-corrected chi connectivity index (χ4v) is 2.61. The zero-order chi connectivity index (χ0) is 12.7. The van der Waals surface area contributed by atoms with Crippen LogP contribution in [0.1, 0.15) is 12.8 Å². The number of amides is 1. The molecule has 0 bridgehead atoms. The van der Waals surface area contributed by atoms with E-state index < -0.39 is 5.97 Å². The van der Waals surface area contributed by atoms with E-state index in [1.54, 1.807) is 7.11 Å². The van der Waals surface area contributed by atoms with Gasteiger partial charge in [0.1, 0.15) is 0 Å². The minimum absolute atomic E-state index is 0.0128. The number of ether oxygens (including phenoxy) is 1. The Kier molecular flexibility index (Phi) is 6.36. The lowest BCUT2D eigenvalue weighted by Gasteiger charge is -2.32. The average Bonchev–Trinajstić information content (AvgIpc) is 2.29. The van der Waals surface area contributed by atoms with Gasteiger partial charge in [-0.3, -0.25) is 9.59 Å². The maximum Gasteiger partial charge on any atom is 0.313 e. The van der Waals surface area contributed by atoms with Crippen LogP contribution in [0.3, 0.4) is 0 Å². The third kappa shape index (κ3) is 5.41. The predicted molar refractivity (Wildman–Crippen MR) is 66.1 cm³/mol. The summed E-state index contributed by atoms with van der Waals surface area (Å²) < 4.78 is 5.10. The van der Waals surface area contributed by atoms with E-state index in [0.717, 1.165) is 37.7 Å². The van der Waals surface area contributed by atoms with Gasteiger partial charge in [0.15, 0.2) is 0 Å². The Labute approximate surface area is 105 Å². The molecule has 98 valence electrons. The zero-order valence-electron chi connectivity index (χ0n) is 10.1. The van der Waals surface area contributed by atoms with Gasteiger partial charge in [0.05, 0.1) is 18.1 Å². The number of carboxylic acids is 1. The summed E-state index contributed by atoms with van der Waals surface area (Å²) in [6.07, 6.45) is 2.10. The SMILES string of the molecule is COCC1CCCN(C(=O)CSCC(=O)O)C1. The Morgan fingerprint density at radius 2 is 2.24 bits per heavy atom. The van der Waals surface area contributed by atoms with E-state index in [1.165, 1.54) is 0 Å². The summed E-state index contributed by atoms with van der Waals surface area (Å²) in [5.41, 5.74) is 0. The molecule has 0 saturated carbocycles. The van der Waals surface area contributed by atoms with Gasteiger partial charge in [0.2, 0.25) is 5.91 Å². The highest BCUT2D eigenvalue weighted by molar-refractivity contribution is 8.00. The van der Waals surface area contributed by atoms with E-state index in [4.69, 9.17) is 9.84 Å². The van der Waals surface area contributed by atoms with Gasteiger partial charge < -0.3 is 14.7 Å². The molecule has 5 nitrogen and oxygen atoms in total. The summed E-state index contributed by atoms with van der Waals surface area (Å²) in [4.78, 5) is 24.0. The summed E-state index contributed by atoms with van der Waals surface area (Å²) >= 11 is 1.16. The Morgan fingerprint density at radius 3 is 2.88 bits per heavy atom. The van der Waals surface area contributed by atoms with Crippen molar-refractivity contribution in [3.8, 4) is 0 Å². The van der Waals surface area contributed by atoms with Crippen LogP contribution in [0.2, 0.25) is 0 Å². The quantitative estimate of drug-likeness (QED) is 0.762. The molecule has 0 aliphatic carbocycles. The van der Waals surface area contributed by atoms with Crippen molar-refractivity contribution in [1.82, 2.24) is 4.90 Å². The van der Waals surface area contributed by atoms with Gasteiger partial charge in [-0.1, -0.05) is 0 Å². The first-order chi connectivity index (χ1) is 8.13. The smallest absolute Gasteiger partial charge is 0.313 e. The summed E-state index contributed by atoms with van der Waals surface area (Å²) in [6.45, 7) is 2.21. The predicted octanol–water partition coefficient (Wildman–Crippen LogP) is 0.689. The minimum atomic E-state index is -0.876. The number of hydrogen-bond acceptors (Lipinski definition) is 4. The molecule has 1 saturated heterocycles. The highest BCUT2D eigenvalue weighted by Crippen LogP contribution is 2.17. The van der Waals surface area contributed by atoms with Gasteiger partial charge in [-0.2, -0.15) is 0 Å². The molecule has 6 heteroatoms. The third-order valence-electron chi connectivity index (χ3n) is 2.73. The van der Waals surface area contributed by atoms with Gasteiger partial charge >= 0.3 is 5.97 Å². The lowest BCUT2D eigenvalue weighted by molar-refractivity contribution is -0.133. The number of methoxy groups -OCH3 is 1. The van der Waals surface area contributed by atoms with Crippen LogP contribution in [0.15, 0.2) is 0 Å². The van der Waals surface area contributed by atoms with Crippen molar-refractivity contribution in [3.05, 3.63) is 0 Å². The van der Waals surface area contributed by atoms with Crippen LogP contribution in [0.4, 0.5) is 0 Å². The molecule has 0 spiro atoms. The minimum Gasteiger partial charge on any atom is -0.481 e. The Morgan fingerprint density at radius 1 is 1.47 bits per heavy atom. The number of carboxylic acid groups (broad SMARTS) is 1. The summed E-state index contributed by atoms with van der Waals surface area (Å²) in [7, 11) is 1.67. The van der Waals surface area contributed by atoms with Crippen LogP contribution in [0, 0.1) is 5.92 Å². The van der Waals surface area contributed by atoms with Crippen molar-refractivity contribution in [2.45, 2.75) is 12.8 Å². The van der Waals surface area contributed by atoms with Gasteiger partial charge in [-0.05, 0) is 18.8 Å². The molecule has 1 heterocycles. The molecule has 0 aromatic carbocycles. The molecule has 1 aliphatic heterocycles. The van der Waals surface area contributed by atoms with E-state index in [0.29, 0.717) is 12.5 Å². The number of aliphatic carboxylic acids is 1. The first-order valence-electron chi connectivity index (χ1n) is 5.69. The number of nitrogens with zero attached hydrogens (tertiary/aromatic N) is 1. The Balaban J connectivity index is 2.28. The van der Waals surface area contributed by atoms with E-state index in [2.05, 4.69) is 0 Å². The highest BCUT2D eigenvalue weighted by atomic mass is 32.2. The van der Waals surface area contributed by atoms with Crippen molar-refractivity contribution < 1.29 is 19.4 Å². The van der Waals surface area contributed by atoms with Crippen molar-refractivity contribution in [2.75, 3.05) is 38.3 Å². The van der Waals surface area contributed by atoms with E-state index >= 15 is 0 Å². The fraction of sp³-hybridized carbons (Fsp3) is 0.818. The van der Waals surface area contributed by atoms with Crippen LogP contribution in [-0.2, 0) is 14.3 Å². The highest BCUT2D eigenvalue weighted by Gasteiger charge is 2.23. The molecule has 17 heavy (non-hydrogen) atoms. The fourth-order valence-electron chi connectivity index (χ4n) is 1.98. The second kappa shape index (κ2) is 7.55. The molecule has 1 rings (SSSR count). The monoisotopic (exact) mass is 261 g/mol. The standard InChI is InChI=1S/C11H19NO4S/c1-16-6-9-3-2-4-12(5-9)10(13)7-17-8-11(14)15/h9H,2-8H2,1H3,(H,14,15). The molecule has 0 aromatic rings. The van der Waals surface area contributed by atoms with Crippen LogP contribution in [-0.4, -0.2) is 60.2 Å². The molecule has 1 atom stereocenters. The second-order valence-electron chi connectivity index (χ2n) is 4.19. The zero-order valence-corrected chi connectivity index (χ0v) is 10.9. The Hall–Kier alpha value is -0.750. The van der Waals surface area contributed by atoms with Crippen LogP contribution in [0.25, 0.3) is 0 Å². The lowest BCUT2D eigenvalue weighted by atomic mass is 9.99. The third-order valence-corrected chi connectivity index (χ3v) is 3.63. The van der Waals surface area contributed by atoms with Crippen molar-refractivity contribution in [2.24, 2.45) is 5.92 Å². The molecular formula is C11H19NO4S. The van der Waals surface area contributed by atoms with E-state index in [9.17, 15) is 9.59 Å². The number of carbonyl (C=O) groups excluding carboxylic acids is 1. The van der Waals surface area contributed by atoms with Crippen molar-refractivity contribution >= 4 is 23.6 Å². The van der Waals surface area contributed by atoms with Crippen molar-refractivity contribution in [3.63, 3.8) is 0 Å². The number of likely N-dealkylation sites (tertiary alicyclic amines) is 1. The summed E-state index contributed by atoms with van der Waals surface area (Å²) in [5.74, 6) is -0.175. The number of thioether (sulfide) groups is 1. The summed E-state index contributed by atoms with van der Waals surface area (Å²) in [5, 5.41) is 8.49. The maximum atomic E-state index is 11.8. The van der Waals surface area contributed by atoms with E-state index in [-0.39, 0.29) is 17.4 Å². The van der Waals surface area contributed by atoms with Crippen LogP contribution < -0.4 is 0 Å². The molecule has 0 radical (unpaired) electrons. The van der Waals surface area contributed by atoms with Crippen molar-refractivity contribution in [1.29, 1.82) is 0 Å². The molecule has 1 fully saturated rings. The summed E-state index contributed by atoms with van der Waals surface area (Å²) in [6, 6.07) is 0. The van der Waals surface area contributed by atoms with Gasteiger partial charge in [-0.15, -0.1) is 11.8 Å². The number of carbonyl (C=O) groups is 2. The molecule has 1 amide bonds. The van der Waals surface area contributed by atoms with E-state index in [1.807, 2.05) is 4.90 Å². The van der Waals surface area contributed by atoms with Gasteiger partial charge in [0.25, 0.3) is 0 Å². The Bertz CT molecular complexity index is 270. The van der Waals surface area contributed by atoms with Crippen LogP contribution in [0.5, 0.6) is 0 Å². The second-order valence-corrected chi connectivity index (χ2v) is 5.18. The number of hydrogen-bond donors (Lipinski definition) is 1. The number of piperidine rings is 1.